The van der Waals surface area contributed by atoms with Crippen LogP contribution >= 0.6 is 11.6 Å². The number of hydrogen-bond acceptors (Lipinski definition) is 6. The molecule has 0 bridgehead atoms. The second-order valence-electron chi connectivity index (χ2n) is 7.36. The molecule has 0 unspecified atom stereocenters. The molecule has 2 N–H and O–H groups in total. The summed E-state index contributed by atoms with van der Waals surface area (Å²) in [4.78, 5) is 23.7. The molecule has 8 nitrogen and oxygen atoms in total. The number of nitriles is 1. The van der Waals surface area contributed by atoms with Gasteiger partial charge < -0.3 is 14.8 Å². The van der Waals surface area contributed by atoms with E-state index in [9.17, 15) is 23.3 Å². The molecule has 3 aromatic rings. The van der Waals surface area contributed by atoms with E-state index < -0.39 is 16.0 Å². The number of aryl methyl sites for hydroxylation is 1. The minimum Gasteiger partial charge on any atom is -0.378 e. The van der Waals surface area contributed by atoms with Gasteiger partial charge in [-0.2, -0.15) is 13.7 Å². The van der Waals surface area contributed by atoms with E-state index in [1.165, 1.54) is 49.4 Å². The van der Waals surface area contributed by atoms with Crippen molar-refractivity contribution < 1.29 is 22.2 Å². The molecule has 0 aromatic heterocycles. The predicted octanol–water partition coefficient (Wildman–Crippen LogP) is 4.92. The van der Waals surface area contributed by atoms with Crippen LogP contribution in [-0.4, -0.2) is 20.2 Å². The van der Waals surface area contributed by atoms with Crippen LogP contribution in [0.25, 0.3) is 6.08 Å². The summed E-state index contributed by atoms with van der Waals surface area (Å²) in [7, 11) is -4.24. The summed E-state index contributed by atoms with van der Waals surface area (Å²) < 4.78 is 30.9. The van der Waals surface area contributed by atoms with Crippen LogP contribution in [-0.2, 0) is 19.7 Å². The second kappa shape index (κ2) is 10.9. The van der Waals surface area contributed by atoms with E-state index in [-0.39, 0.29) is 27.7 Å². The van der Waals surface area contributed by atoms with Gasteiger partial charge in [0.2, 0.25) is 5.91 Å². The Morgan fingerprint density at radius 2 is 1.71 bits per heavy atom. The highest BCUT2D eigenvalue weighted by molar-refractivity contribution is 7.87. The Kier molecular flexibility index (Phi) is 7.91. The number of amides is 2. The first-order valence-electron chi connectivity index (χ1n) is 10.2. The minimum absolute atomic E-state index is 0.0714. The van der Waals surface area contributed by atoms with Crippen LogP contribution in [0.3, 0.4) is 0 Å². The van der Waals surface area contributed by atoms with Crippen molar-refractivity contribution >= 4 is 51.0 Å². The first-order chi connectivity index (χ1) is 16.6. The molecule has 3 aromatic carbocycles. The molecule has 0 aliphatic carbocycles. The summed E-state index contributed by atoms with van der Waals surface area (Å²) in [5.74, 6) is -1.05. The molecule has 0 radical (unpaired) electrons. The van der Waals surface area contributed by atoms with Crippen LogP contribution < -0.4 is 14.8 Å². The number of carbonyl (C=O) groups excluding carboxylic acids is 2. The second-order valence-corrected chi connectivity index (χ2v) is 9.35. The maximum atomic E-state index is 12.8. The molecule has 3 rings (SSSR count). The van der Waals surface area contributed by atoms with E-state index in [2.05, 4.69) is 10.6 Å². The van der Waals surface area contributed by atoms with Crippen LogP contribution in [0.4, 0.5) is 11.4 Å². The van der Waals surface area contributed by atoms with Crippen LogP contribution in [0.1, 0.15) is 18.1 Å². The molecule has 0 fully saturated rings. The molecule has 0 atom stereocenters. The summed E-state index contributed by atoms with van der Waals surface area (Å²) in [5, 5.41) is 15.2. The van der Waals surface area contributed by atoms with Crippen molar-refractivity contribution in [1.29, 1.82) is 5.26 Å². The third-order valence-corrected chi connectivity index (χ3v) is 6.18. The highest BCUT2D eigenvalue weighted by atomic mass is 35.5. The van der Waals surface area contributed by atoms with Crippen molar-refractivity contribution in [2.24, 2.45) is 0 Å². The Bertz CT molecular complexity index is 1460. The van der Waals surface area contributed by atoms with Crippen molar-refractivity contribution in [3.8, 4) is 11.8 Å². The molecule has 35 heavy (non-hydrogen) atoms. The van der Waals surface area contributed by atoms with Gasteiger partial charge in [-0.25, -0.2) is 0 Å². The summed E-state index contributed by atoms with van der Waals surface area (Å²) in [5.41, 5.74) is 1.56. The maximum Gasteiger partial charge on any atom is 0.339 e. The van der Waals surface area contributed by atoms with E-state index in [0.717, 1.165) is 5.56 Å². The standard InChI is InChI=1S/C25H20ClN3O5S/c1-16-7-8-20(26)14-23(16)29-25(31)19(15-27)13-18-5-3-4-6-24(18)34-35(32,33)22-11-9-21(10-12-22)28-17(2)30/h3-14H,1-2H3,(H,28,30)(H,29,31)/b19-13+. The molecule has 0 saturated heterocycles. The summed E-state index contributed by atoms with van der Waals surface area (Å²) >= 11 is 5.98. The number of halogens is 1. The Labute approximate surface area is 207 Å². The minimum atomic E-state index is -4.24. The van der Waals surface area contributed by atoms with Crippen molar-refractivity contribution in [3.05, 3.63) is 88.5 Å². The van der Waals surface area contributed by atoms with Gasteiger partial charge in [-0.15, -0.1) is 0 Å². The van der Waals surface area contributed by atoms with Gasteiger partial charge in [0.25, 0.3) is 5.91 Å². The highest BCUT2D eigenvalue weighted by Crippen LogP contribution is 2.26. The molecule has 10 heteroatoms. The fraction of sp³-hybridized carbons (Fsp3) is 0.0800. The Morgan fingerprint density at radius 1 is 1.03 bits per heavy atom. The number of hydrogen-bond donors (Lipinski definition) is 2. The molecule has 0 aliphatic heterocycles. The largest absolute Gasteiger partial charge is 0.378 e. The first kappa shape index (κ1) is 25.5. The van der Waals surface area contributed by atoms with Crippen LogP contribution in [0.5, 0.6) is 5.75 Å². The number of anilines is 2. The Morgan fingerprint density at radius 3 is 2.37 bits per heavy atom. The van der Waals surface area contributed by atoms with Crippen molar-refractivity contribution in [3.63, 3.8) is 0 Å². The Balaban J connectivity index is 1.87. The third kappa shape index (κ3) is 6.69. The van der Waals surface area contributed by atoms with Gasteiger partial charge in [-0.1, -0.05) is 35.9 Å². The number of carbonyl (C=O) groups is 2. The lowest BCUT2D eigenvalue weighted by Crippen LogP contribution is -2.14. The zero-order valence-electron chi connectivity index (χ0n) is 18.7. The number of para-hydroxylation sites is 1. The quantitative estimate of drug-likeness (QED) is 0.264. The average molecular weight is 510 g/mol. The smallest absolute Gasteiger partial charge is 0.339 e. The summed E-state index contributed by atoms with van der Waals surface area (Å²) in [6.45, 7) is 3.11. The van der Waals surface area contributed by atoms with Crippen molar-refractivity contribution in [2.45, 2.75) is 18.7 Å². The van der Waals surface area contributed by atoms with Gasteiger partial charge in [0.05, 0.1) is 0 Å². The zero-order valence-corrected chi connectivity index (χ0v) is 20.3. The van der Waals surface area contributed by atoms with Crippen molar-refractivity contribution in [1.82, 2.24) is 0 Å². The van der Waals surface area contributed by atoms with E-state index >= 15 is 0 Å². The van der Waals surface area contributed by atoms with Gasteiger partial charge in [0.1, 0.15) is 22.3 Å². The molecule has 0 aliphatic rings. The van der Waals surface area contributed by atoms with E-state index in [0.29, 0.717) is 16.4 Å². The summed E-state index contributed by atoms with van der Waals surface area (Å²) in [6.07, 6.45) is 1.24. The van der Waals surface area contributed by atoms with Gasteiger partial charge in [0.15, 0.2) is 0 Å². The molecule has 178 valence electrons. The lowest BCUT2D eigenvalue weighted by atomic mass is 10.1. The predicted molar refractivity (Wildman–Crippen MR) is 133 cm³/mol. The third-order valence-electron chi connectivity index (χ3n) is 4.69. The lowest BCUT2D eigenvalue weighted by molar-refractivity contribution is -0.114. The Hall–Kier alpha value is -4.13. The van der Waals surface area contributed by atoms with Gasteiger partial charge >= 0.3 is 10.1 Å². The molecule has 2 amide bonds. The topological polar surface area (TPSA) is 125 Å². The molecule has 0 heterocycles. The fourth-order valence-electron chi connectivity index (χ4n) is 2.97. The SMILES string of the molecule is CC(=O)Nc1ccc(S(=O)(=O)Oc2ccccc2/C=C(\C#N)C(=O)Nc2cc(Cl)ccc2C)cc1. The van der Waals surface area contributed by atoms with Crippen LogP contribution in [0.2, 0.25) is 5.02 Å². The number of rotatable bonds is 7. The normalized spacial score (nSPS) is 11.3. The number of benzene rings is 3. The monoisotopic (exact) mass is 509 g/mol. The molecular weight excluding hydrogens is 490 g/mol. The van der Waals surface area contributed by atoms with Gasteiger partial charge in [-0.05, 0) is 61.0 Å². The van der Waals surface area contributed by atoms with E-state index in [1.807, 2.05) is 6.07 Å². The number of nitrogens with zero attached hydrogens (tertiary/aromatic N) is 1. The molecule has 0 spiro atoms. The average Bonchev–Trinajstić information content (AvgIpc) is 2.80. The van der Waals surface area contributed by atoms with Crippen LogP contribution in [0.15, 0.2) is 77.2 Å². The molecular formula is C25H20ClN3O5S. The lowest BCUT2D eigenvalue weighted by Gasteiger charge is -2.11. The highest BCUT2D eigenvalue weighted by Gasteiger charge is 2.19. The van der Waals surface area contributed by atoms with Gasteiger partial charge in [-0.3, -0.25) is 9.59 Å². The first-order valence-corrected chi connectivity index (χ1v) is 12.0. The van der Waals surface area contributed by atoms with E-state index in [4.69, 9.17) is 15.8 Å². The van der Waals surface area contributed by atoms with E-state index in [1.54, 1.807) is 37.3 Å². The molecule has 0 saturated carbocycles. The zero-order chi connectivity index (χ0) is 25.6. The number of nitrogens with one attached hydrogen (secondary N) is 2. The maximum absolute atomic E-state index is 12.8. The fourth-order valence-corrected chi connectivity index (χ4v) is 4.10. The summed E-state index contributed by atoms with van der Waals surface area (Å²) in [6, 6.07) is 18.3. The van der Waals surface area contributed by atoms with Gasteiger partial charge in [0, 0.05) is 28.9 Å². The van der Waals surface area contributed by atoms with Crippen LogP contribution in [0, 0.1) is 18.3 Å². The van der Waals surface area contributed by atoms with Crippen molar-refractivity contribution in [2.75, 3.05) is 10.6 Å².